The average Bonchev–Trinajstić information content (AvgIpc) is 3.21. The van der Waals surface area contributed by atoms with Gasteiger partial charge in [-0.15, -0.1) is 11.3 Å². The van der Waals surface area contributed by atoms with Crippen molar-refractivity contribution in [3.8, 4) is 11.8 Å². The van der Waals surface area contributed by atoms with E-state index in [2.05, 4.69) is 71.2 Å². The van der Waals surface area contributed by atoms with Crippen LogP contribution in [-0.4, -0.2) is 54.0 Å². The van der Waals surface area contributed by atoms with Crippen molar-refractivity contribution in [2.45, 2.75) is 13.0 Å². The number of amides is 1. The van der Waals surface area contributed by atoms with Crippen molar-refractivity contribution in [1.82, 2.24) is 14.7 Å². The predicted octanol–water partition coefficient (Wildman–Crippen LogP) is 4.14. The summed E-state index contributed by atoms with van der Waals surface area (Å²) in [4.78, 5) is 20.8. The highest BCUT2D eigenvalue weighted by Gasteiger charge is 2.33. The highest BCUT2D eigenvalue weighted by Crippen LogP contribution is 2.28. The first kappa shape index (κ1) is 19.9. The second kappa shape index (κ2) is 8.58. The Kier molecular flexibility index (Phi) is 5.50. The number of benzene rings is 2. The Balaban J connectivity index is 1.27. The summed E-state index contributed by atoms with van der Waals surface area (Å²) in [6, 6.07) is 20.8. The lowest BCUT2D eigenvalue weighted by atomic mass is 10.0. The lowest BCUT2D eigenvalue weighted by Gasteiger charge is -2.42. The SMILES string of the molecule is CN1CN(Cc2ccccc2)C(=O)C2=C1CCN(CC#Cc1cc3ccccc3s1)C2. The molecule has 2 aliphatic rings. The van der Waals surface area contributed by atoms with Crippen LogP contribution in [0.3, 0.4) is 0 Å². The number of thiophene rings is 1. The van der Waals surface area contributed by atoms with Crippen LogP contribution in [0.1, 0.15) is 16.9 Å². The molecule has 0 unspecified atom stereocenters. The normalized spacial score (nSPS) is 17.0. The van der Waals surface area contributed by atoms with E-state index in [1.54, 1.807) is 11.3 Å². The van der Waals surface area contributed by atoms with E-state index in [9.17, 15) is 4.79 Å². The molecule has 5 heteroatoms. The van der Waals surface area contributed by atoms with E-state index in [1.807, 2.05) is 23.1 Å². The van der Waals surface area contributed by atoms with Crippen LogP contribution in [0.4, 0.5) is 0 Å². The summed E-state index contributed by atoms with van der Waals surface area (Å²) in [7, 11) is 2.09. The van der Waals surface area contributed by atoms with Crippen LogP contribution in [0.2, 0.25) is 0 Å². The van der Waals surface area contributed by atoms with Gasteiger partial charge in [-0.2, -0.15) is 0 Å². The predicted molar refractivity (Wildman–Crippen MR) is 126 cm³/mol. The van der Waals surface area contributed by atoms with Crippen LogP contribution in [0.25, 0.3) is 10.1 Å². The number of carbonyl (C=O) groups excluding carboxylic acids is 1. The van der Waals surface area contributed by atoms with Crippen LogP contribution >= 0.6 is 11.3 Å². The second-order valence-electron chi connectivity index (χ2n) is 8.16. The van der Waals surface area contributed by atoms with E-state index in [0.29, 0.717) is 26.3 Å². The summed E-state index contributed by atoms with van der Waals surface area (Å²) >= 11 is 1.74. The molecular weight excluding hydrogens is 402 g/mol. The molecule has 2 aromatic carbocycles. The Morgan fingerprint density at radius 3 is 2.71 bits per heavy atom. The molecule has 2 aliphatic heterocycles. The molecule has 0 aliphatic carbocycles. The van der Waals surface area contributed by atoms with Gasteiger partial charge in [-0.25, -0.2) is 0 Å². The fraction of sp³-hybridized carbons (Fsp3) is 0.269. The molecule has 3 aromatic rings. The Morgan fingerprint density at radius 2 is 1.87 bits per heavy atom. The summed E-state index contributed by atoms with van der Waals surface area (Å²) in [5.74, 6) is 6.82. The summed E-state index contributed by atoms with van der Waals surface area (Å²) in [6.45, 7) is 3.59. The van der Waals surface area contributed by atoms with Crippen molar-refractivity contribution in [3.05, 3.63) is 82.4 Å². The summed E-state index contributed by atoms with van der Waals surface area (Å²) in [6.07, 6.45) is 0.904. The van der Waals surface area contributed by atoms with Gasteiger partial charge >= 0.3 is 0 Å². The van der Waals surface area contributed by atoms with Gasteiger partial charge in [0.05, 0.1) is 23.7 Å². The molecule has 31 heavy (non-hydrogen) atoms. The summed E-state index contributed by atoms with van der Waals surface area (Å²) in [5.41, 5.74) is 3.29. The smallest absolute Gasteiger partial charge is 0.254 e. The zero-order valence-electron chi connectivity index (χ0n) is 17.7. The third kappa shape index (κ3) is 4.23. The maximum Gasteiger partial charge on any atom is 0.254 e. The van der Waals surface area contributed by atoms with Gasteiger partial charge in [0.15, 0.2) is 0 Å². The molecule has 0 N–H and O–H groups in total. The van der Waals surface area contributed by atoms with E-state index in [0.717, 1.165) is 29.0 Å². The highest BCUT2D eigenvalue weighted by molar-refractivity contribution is 7.19. The van der Waals surface area contributed by atoms with Crippen LogP contribution in [-0.2, 0) is 11.3 Å². The van der Waals surface area contributed by atoms with Gasteiger partial charge in [-0.3, -0.25) is 9.69 Å². The monoisotopic (exact) mass is 427 g/mol. The van der Waals surface area contributed by atoms with Crippen molar-refractivity contribution in [3.63, 3.8) is 0 Å². The zero-order chi connectivity index (χ0) is 21.2. The number of hydrogen-bond donors (Lipinski definition) is 0. The van der Waals surface area contributed by atoms with Crippen LogP contribution in [0.5, 0.6) is 0 Å². The Morgan fingerprint density at radius 1 is 1.06 bits per heavy atom. The largest absolute Gasteiger partial charge is 0.360 e. The number of nitrogens with zero attached hydrogens (tertiary/aromatic N) is 3. The fourth-order valence-corrected chi connectivity index (χ4v) is 5.30. The zero-order valence-corrected chi connectivity index (χ0v) is 18.5. The van der Waals surface area contributed by atoms with Gasteiger partial charge in [-0.05, 0) is 23.1 Å². The minimum absolute atomic E-state index is 0.166. The van der Waals surface area contributed by atoms with E-state index in [1.165, 1.54) is 15.8 Å². The van der Waals surface area contributed by atoms with Crippen LogP contribution < -0.4 is 0 Å². The van der Waals surface area contributed by atoms with E-state index >= 15 is 0 Å². The van der Waals surface area contributed by atoms with E-state index < -0.39 is 0 Å². The van der Waals surface area contributed by atoms with Gasteiger partial charge in [-0.1, -0.05) is 60.4 Å². The minimum atomic E-state index is 0.166. The Bertz CT molecular complexity index is 1170. The number of fused-ring (bicyclic) bond motifs is 1. The number of hydrogen-bond acceptors (Lipinski definition) is 4. The number of rotatable bonds is 3. The van der Waals surface area contributed by atoms with Crippen LogP contribution in [0, 0.1) is 11.8 Å². The molecule has 156 valence electrons. The molecule has 0 saturated carbocycles. The molecule has 0 bridgehead atoms. The average molecular weight is 428 g/mol. The molecule has 1 amide bonds. The molecule has 3 heterocycles. The maximum atomic E-state index is 13.2. The van der Waals surface area contributed by atoms with Gasteiger partial charge in [0.1, 0.15) is 0 Å². The molecule has 0 fully saturated rings. The topological polar surface area (TPSA) is 26.8 Å². The second-order valence-corrected chi connectivity index (χ2v) is 9.25. The van der Waals surface area contributed by atoms with Gasteiger partial charge in [0.25, 0.3) is 5.91 Å². The molecule has 1 aromatic heterocycles. The molecule has 4 nitrogen and oxygen atoms in total. The van der Waals surface area contributed by atoms with E-state index in [-0.39, 0.29) is 5.91 Å². The van der Waals surface area contributed by atoms with Gasteiger partial charge in [0, 0.05) is 43.5 Å². The Hall–Kier alpha value is -3.07. The lowest BCUT2D eigenvalue weighted by molar-refractivity contribution is -0.131. The molecule has 0 atom stereocenters. The van der Waals surface area contributed by atoms with Crippen LogP contribution in [0.15, 0.2) is 71.9 Å². The standard InChI is InChI=1S/C26H25N3OS/c1-27-19-29(17-20-8-3-2-4-9-20)26(30)23-18-28(15-13-24(23)27)14-7-11-22-16-21-10-5-6-12-25(21)31-22/h2-6,8-10,12,16H,13-15,17-19H2,1H3. The Labute approximate surface area is 187 Å². The van der Waals surface area contributed by atoms with Crippen molar-refractivity contribution in [2.24, 2.45) is 0 Å². The molecule has 0 radical (unpaired) electrons. The minimum Gasteiger partial charge on any atom is -0.360 e. The van der Waals surface area contributed by atoms with Crippen molar-refractivity contribution in [1.29, 1.82) is 0 Å². The van der Waals surface area contributed by atoms with Gasteiger partial charge in [0.2, 0.25) is 0 Å². The molecule has 0 saturated heterocycles. The molecule has 5 rings (SSSR count). The lowest BCUT2D eigenvalue weighted by Crippen LogP contribution is -2.50. The summed E-state index contributed by atoms with van der Waals surface area (Å²) in [5, 5.41) is 1.25. The number of carbonyl (C=O) groups is 1. The summed E-state index contributed by atoms with van der Waals surface area (Å²) < 4.78 is 1.27. The van der Waals surface area contributed by atoms with E-state index in [4.69, 9.17) is 0 Å². The fourth-order valence-electron chi connectivity index (χ4n) is 4.36. The van der Waals surface area contributed by atoms with Crippen molar-refractivity contribution >= 4 is 27.3 Å². The molecular formula is C26H25N3OS. The first-order valence-electron chi connectivity index (χ1n) is 10.6. The highest BCUT2D eigenvalue weighted by atomic mass is 32.1. The third-order valence-corrected chi connectivity index (χ3v) is 6.97. The quantitative estimate of drug-likeness (QED) is 0.588. The molecule has 0 spiro atoms. The van der Waals surface area contributed by atoms with Crippen molar-refractivity contribution in [2.75, 3.05) is 33.4 Å². The third-order valence-electron chi connectivity index (χ3n) is 5.94. The first-order valence-corrected chi connectivity index (χ1v) is 11.5. The maximum absolute atomic E-state index is 13.2. The van der Waals surface area contributed by atoms with Crippen molar-refractivity contribution < 1.29 is 4.79 Å². The first-order chi connectivity index (χ1) is 15.2. The van der Waals surface area contributed by atoms with Gasteiger partial charge < -0.3 is 9.80 Å².